The third-order valence-corrected chi connectivity index (χ3v) is 8.63. The molecule has 2 aliphatic heterocycles. The van der Waals surface area contributed by atoms with Crippen LogP contribution < -0.4 is 0 Å². The Kier molecular flexibility index (Phi) is 3.56. The maximum absolute atomic E-state index is 12.4. The van der Waals surface area contributed by atoms with E-state index in [9.17, 15) is 13.2 Å². The van der Waals surface area contributed by atoms with Crippen LogP contribution in [-0.4, -0.2) is 67.7 Å². The molecule has 2 heterocycles. The maximum atomic E-state index is 12.4. The summed E-state index contributed by atoms with van der Waals surface area (Å²) in [7, 11) is -1.37. The summed E-state index contributed by atoms with van der Waals surface area (Å²) >= 11 is 0. The predicted molar refractivity (Wildman–Crippen MR) is 85.4 cm³/mol. The van der Waals surface area contributed by atoms with Gasteiger partial charge in [-0.3, -0.25) is 4.79 Å². The van der Waals surface area contributed by atoms with Crippen LogP contribution in [0.25, 0.3) is 0 Å². The van der Waals surface area contributed by atoms with Crippen LogP contribution in [0.4, 0.5) is 0 Å². The van der Waals surface area contributed by atoms with E-state index in [0.29, 0.717) is 32.6 Å². The van der Waals surface area contributed by atoms with Gasteiger partial charge >= 0.3 is 0 Å². The van der Waals surface area contributed by atoms with Crippen LogP contribution in [0.3, 0.4) is 0 Å². The lowest BCUT2D eigenvalue weighted by molar-refractivity contribution is -0.154. The number of hydrogen-bond acceptors (Lipinski definition) is 4. The minimum absolute atomic E-state index is 0.0114. The van der Waals surface area contributed by atoms with E-state index in [1.807, 2.05) is 4.90 Å². The van der Waals surface area contributed by atoms with E-state index < -0.39 is 10.0 Å². The monoisotopic (exact) mass is 342 g/mol. The van der Waals surface area contributed by atoms with Crippen molar-refractivity contribution in [1.82, 2.24) is 9.21 Å². The molecule has 2 saturated heterocycles. The molecule has 130 valence electrons. The normalized spacial score (nSPS) is 29.3. The fourth-order valence-electron chi connectivity index (χ4n) is 4.30. The quantitative estimate of drug-likeness (QED) is 0.747. The molecule has 1 spiro atoms. The molecule has 0 aromatic carbocycles. The molecule has 4 rings (SSSR count). The van der Waals surface area contributed by atoms with E-state index in [-0.39, 0.29) is 22.2 Å². The average molecular weight is 342 g/mol. The number of amides is 1. The summed E-state index contributed by atoms with van der Waals surface area (Å²) in [6.07, 6.45) is 6.08. The molecule has 0 bridgehead atoms. The second-order valence-electron chi connectivity index (χ2n) is 8.00. The third kappa shape index (κ3) is 2.61. The zero-order valence-electron chi connectivity index (χ0n) is 13.8. The Bertz CT molecular complexity index is 598. The number of likely N-dealkylation sites (tertiary alicyclic amines) is 1. The van der Waals surface area contributed by atoms with Gasteiger partial charge in [-0.05, 0) is 38.5 Å². The van der Waals surface area contributed by atoms with Gasteiger partial charge in [0.1, 0.15) is 0 Å². The van der Waals surface area contributed by atoms with Crippen LogP contribution in [-0.2, 0) is 19.6 Å². The Morgan fingerprint density at radius 3 is 2.39 bits per heavy atom. The van der Waals surface area contributed by atoms with Gasteiger partial charge in [-0.2, -0.15) is 0 Å². The SMILES string of the molecule is COC1(CC(=O)N2CC3(CCN(S(=O)(=O)C4CC4)C3)C2)CCC1. The van der Waals surface area contributed by atoms with Crippen LogP contribution in [0, 0.1) is 5.41 Å². The number of sulfonamides is 1. The molecule has 0 radical (unpaired) electrons. The number of nitrogens with zero attached hydrogens (tertiary/aromatic N) is 2. The van der Waals surface area contributed by atoms with E-state index >= 15 is 0 Å². The Labute approximate surface area is 138 Å². The topological polar surface area (TPSA) is 66.9 Å². The van der Waals surface area contributed by atoms with Gasteiger partial charge in [0, 0.05) is 38.7 Å². The summed E-state index contributed by atoms with van der Waals surface area (Å²) in [5.41, 5.74) is -0.214. The van der Waals surface area contributed by atoms with Crippen molar-refractivity contribution in [3.05, 3.63) is 0 Å². The van der Waals surface area contributed by atoms with Crippen molar-refractivity contribution in [2.75, 3.05) is 33.3 Å². The van der Waals surface area contributed by atoms with E-state index in [1.165, 1.54) is 0 Å². The summed E-state index contributed by atoms with van der Waals surface area (Å²) in [5, 5.41) is -0.129. The molecule has 1 amide bonds. The zero-order valence-corrected chi connectivity index (χ0v) is 14.6. The first-order valence-corrected chi connectivity index (χ1v) is 10.2. The Balaban J connectivity index is 1.32. The second-order valence-corrected chi connectivity index (χ2v) is 10.2. The van der Waals surface area contributed by atoms with Gasteiger partial charge < -0.3 is 9.64 Å². The molecule has 2 aliphatic carbocycles. The number of carbonyl (C=O) groups excluding carboxylic acids is 1. The second kappa shape index (κ2) is 5.17. The molecule has 0 unspecified atom stereocenters. The summed E-state index contributed by atoms with van der Waals surface area (Å²) in [6.45, 7) is 2.65. The van der Waals surface area contributed by atoms with E-state index in [0.717, 1.165) is 38.5 Å². The fourth-order valence-corrected chi connectivity index (χ4v) is 6.25. The van der Waals surface area contributed by atoms with Crippen LogP contribution in [0.15, 0.2) is 0 Å². The predicted octanol–water partition coefficient (Wildman–Crippen LogP) is 0.972. The number of methoxy groups -OCH3 is 1. The first kappa shape index (κ1) is 15.8. The first-order valence-electron chi connectivity index (χ1n) is 8.70. The Morgan fingerprint density at radius 2 is 1.87 bits per heavy atom. The summed E-state index contributed by atoms with van der Waals surface area (Å²) in [5.74, 6) is 0.167. The third-order valence-electron chi connectivity index (χ3n) is 6.29. The van der Waals surface area contributed by atoms with Crippen LogP contribution in [0.5, 0.6) is 0 Å². The van der Waals surface area contributed by atoms with Crippen molar-refractivity contribution >= 4 is 15.9 Å². The highest BCUT2D eigenvalue weighted by molar-refractivity contribution is 7.90. The molecule has 0 N–H and O–H groups in total. The van der Waals surface area contributed by atoms with Crippen molar-refractivity contribution in [1.29, 1.82) is 0 Å². The molecular weight excluding hydrogens is 316 g/mol. The first-order chi connectivity index (χ1) is 10.9. The average Bonchev–Trinajstić information content (AvgIpc) is 3.20. The number of rotatable bonds is 5. The number of carbonyl (C=O) groups is 1. The maximum Gasteiger partial charge on any atom is 0.225 e. The molecule has 0 aromatic rings. The lowest BCUT2D eigenvalue weighted by Crippen LogP contribution is -2.61. The van der Waals surface area contributed by atoms with Crippen LogP contribution >= 0.6 is 0 Å². The van der Waals surface area contributed by atoms with Gasteiger partial charge in [-0.15, -0.1) is 0 Å². The largest absolute Gasteiger partial charge is 0.378 e. The molecule has 2 saturated carbocycles. The van der Waals surface area contributed by atoms with Crippen molar-refractivity contribution in [3.8, 4) is 0 Å². The lowest BCUT2D eigenvalue weighted by Gasteiger charge is -2.50. The van der Waals surface area contributed by atoms with Gasteiger partial charge in [0.25, 0.3) is 0 Å². The molecule has 7 heteroatoms. The zero-order chi connectivity index (χ0) is 16.3. The van der Waals surface area contributed by atoms with Crippen molar-refractivity contribution in [2.24, 2.45) is 5.41 Å². The van der Waals surface area contributed by atoms with Crippen molar-refractivity contribution < 1.29 is 17.9 Å². The molecule has 4 aliphatic rings. The van der Waals surface area contributed by atoms with Gasteiger partial charge in [0.15, 0.2) is 0 Å². The fraction of sp³-hybridized carbons (Fsp3) is 0.938. The Morgan fingerprint density at radius 1 is 1.17 bits per heavy atom. The standard InChI is InChI=1S/C16H26N2O4S/c1-22-16(5-2-6-16)9-14(19)17-10-15(11-17)7-8-18(12-15)23(20,21)13-3-4-13/h13H,2-12H2,1H3. The van der Waals surface area contributed by atoms with E-state index in [4.69, 9.17) is 4.74 Å². The number of hydrogen-bond donors (Lipinski definition) is 0. The van der Waals surface area contributed by atoms with Crippen LogP contribution in [0.2, 0.25) is 0 Å². The molecule has 23 heavy (non-hydrogen) atoms. The molecule has 0 atom stereocenters. The highest BCUT2D eigenvalue weighted by Crippen LogP contribution is 2.45. The molecular formula is C16H26N2O4S. The molecule has 4 fully saturated rings. The van der Waals surface area contributed by atoms with Gasteiger partial charge in [0.2, 0.25) is 15.9 Å². The molecule has 6 nitrogen and oxygen atoms in total. The summed E-state index contributed by atoms with van der Waals surface area (Å²) in [4.78, 5) is 14.3. The summed E-state index contributed by atoms with van der Waals surface area (Å²) < 4.78 is 31.9. The van der Waals surface area contributed by atoms with Crippen LogP contribution in [0.1, 0.15) is 44.9 Å². The van der Waals surface area contributed by atoms with Gasteiger partial charge in [0.05, 0.1) is 17.3 Å². The molecule has 0 aromatic heterocycles. The van der Waals surface area contributed by atoms with Crippen molar-refractivity contribution in [2.45, 2.75) is 55.8 Å². The van der Waals surface area contributed by atoms with Gasteiger partial charge in [-0.1, -0.05) is 0 Å². The van der Waals surface area contributed by atoms with Crippen molar-refractivity contribution in [3.63, 3.8) is 0 Å². The number of ether oxygens (including phenoxy) is 1. The smallest absolute Gasteiger partial charge is 0.225 e. The highest BCUT2D eigenvalue weighted by atomic mass is 32.2. The Hall–Kier alpha value is -0.660. The highest BCUT2D eigenvalue weighted by Gasteiger charge is 2.54. The van der Waals surface area contributed by atoms with E-state index in [2.05, 4.69) is 0 Å². The van der Waals surface area contributed by atoms with Gasteiger partial charge in [-0.25, -0.2) is 12.7 Å². The van der Waals surface area contributed by atoms with E-state index in [1.54, 1.807) is 11.4 Å². The lowest BCUT2D eigenvalue weighted by atomic mass is 9.75. The minimum atomic E-state index is -3.07. The minimum Gasteiger partial charge on any atom is -0.378 e. The summed E-state index contributed by atoms with van der Waals surface area (Å²) in [6, 6.07) is 0.